The SMILES string of the molecule is C#CC(CCC)NC(=O)c1ccc(S(C)(=O)=O)cc1. The van der Waals surface area contributed by atoms with E-state index in [1.165, 1.54) is 24.3 Å². The van der Waals surface area contributed by atoms with Crippen molar-refractivity contribution < 1.29 is 13.2 Å². The van der Waals surface area contributed by atoms with Gasteiger partial charge >= 0.3 is 0 Å². The zero-order chi connectivity index (χ0) is 14.5. The number of nitrogens with one attached hydrogen (secondary N) is 1. The monoisotopic (exact) mass is 279 g/mol. The van der Waals surface area contributed by atoms with Crippen molar-refractivity contribution in [2.75, 3.05) is 6.26 Å². The van der Waals surface area contributed by atoms with Gasteiger partial charge in [-0.1, -0.05) is 19.3 Å². The summed E-state index contributed by atoms with van der Waals surface area (Å²) in [4.78, 5) is 12.1. The van der Waals surface area contributed by atoms with Gasteiger partial charge < -0.3 is 5.32 Å². The molecule has 4 nitrogen and oxygen atoms in total. The first-order chi connectivity index (χ1) is 8.88. The van der Waals surface area contributed by atoms with E-state index in [4.69, 9.17) is 6.42 Å². The zero-order valence-electron chi connectivity index (χ0n) is 11.0. The molecule has 1 N–H and O–H groups in total. The minimum absolute atomic E-state index is 0.186. The molecule has 1 rings (SSSR count). The van der Waals surface area contributed by atoms with Crippen LogP contribution in [-0.4, -0.2) is 26.6 Å². The van der Waals surface area contributed by atoms with Crippen LogP contribution in [0.2, 0.25) is 0 Å². The maximum Gasteiger partial charge on any atom is 0.252 e. The Morgan fingerprint density at radius 3 is 2.37 bits per heavy atom. The third-order valence-corrected chi connectivity index (χ3v) is 3.76. The molecule has 1 aromatic carbocycles. The number of rotatable bonds is 5. The van der Waals surface area contributed by atoms with Gasteiger partial charge in [0.1, 0.15) is 0 Å². The van der Waals surface area contributed by atoms with Crippen LogP contribution >= 0.6 is 0 Å². The van der Waals surface area contributed by atoms with Gasteiger partial charge in [0.25, 0.3) is 5.91 Å². The topological polar surface area (TPSA) is 63.2 Å². The Labute approximate surface area is 114 Å². The molecule has 0 aliphatic heterocycles. The van der Waals surface area contributed by atoms with Crippen LogP contribution in [0.4, 0.5) is 0 Å². The van der Waals surface area contributed by atoms with E-state index in [-0.39, 0.29) is 16.8 Å². The Morgan fingerprint density at radius 2 is 1.95 bits per heavy atom. The molecule has 0 spiro atoms. The van der Waals surface area contributed by atoms with Gasteiger partial charge in [0, 0.05) is 11.8 Å². The van der Waals surface area contributed by atoms with Crippen LogP contribution in [0.5, 0.6) is 0 Å². The molecule has 1 amide bonds. The molecule has 0 aliphatic rings. The molecule has 1 unspecified atom stereocenters. The van der Waals surface area contributed by atoms with E-state index in [1.807, 2.05) is 6.92 Å². The summed E-state index contributed by atoms with van der Waals surface area (Å²) in [6, 6.07) is 5.48. The minimum atomic E-state index is -3.25. The average molecular weight is 279 g/mol. The van der Waals surface area contributed by atoms with Gasteiger partial charge in [-0.25, -0.2) is 8.42 Å². The lowest BCUT2D eigenvalue weighted by atomic mass is 10.1. The van der Waals surface area contributed by atoms with E-state index in [0.717, 1.165) is 12.7 Å². The normalized spacial score (nSPS) is 12.5. The predicted octanol–water partition coefficient (Wildman–Crippen LogP) is 1.62. The average Bonchev–Trinajstić information content (AvgIpc) is 2.37. The van der Waals surface area contributed by atoms with Crippen LogP contribution in [0.25, 0.3) is 0 Å². The maximum atomic E-state index is 11.9. The highest BCUT2D eigenvalue weighted by atomic mass is 32.2. The Balaban J connectivity index is 2.82. The highest BCUT2D eigenvalue weighted by Gasteiger charge is 2.12. The van der Waals surface area contributed by atoms with E-state index in [0.29, 0.717) is 12.0 Å². The third-order valence-electron chi connectivity index (χ3n) is 2.63. The second kappa shape index (κ2) is 6.39. The molecule has 1 atom stereocenters. The number of hydrogen-bond donors (Lipinski definition) is 1. The van der Waals surface area contributed by atoms with E-state index in [9.17, 15) is 13.2 Å². The van der Waals surface area contributed by atoms with Gasteiger partial charge in [-0.15, -0.1) is 6.42 Å². The first-order valence-corrected chi connectivity index (χ1v) is 7.84. The maximum absolute atomic E-state index is 11.9. The van der Waals surface area contributed by atoms with Crippen molar-refractivity contribution in [1.29, 1.82) is 0 Å². The second-order valence-corrected chi connectivity index (χ2v) is 6.29. The highest BCUT2D eigenvalue weighted by molar-refractivity contribution is 7.90. The van der Waals surface area contributed by atoms with E-state index >= 15 is 0 Å². The van der Waals surface area contributed by atoms with Crippen molar-refractivity contribution in [3.63, 3.8) is 0 Å². The quantitative estimate of drug-likeness (QED) is 0.833. The van der Waals surface area contributed by atoms with Gasteiger partial charge in [-0.3, -0.25) is 4.79 Å². The molecule has 0 saturated heterocycles. The molecule has 0 aliphatic carbocycles. The minimum Gasteiger partial charge on any atom is -0.338 e. The van der Waals surface area contributed by atoms with Crippen molar-refractivity contribution in [3.05, 3.63) is 29.8 Å². The molecule has 0 fully saturated rings. The van der Waals surface area contributed by atoms with Crippen molar-refractivity contribution in [3.8, 4) is 12.3 Å². The largest absolute Gasteiger partial charge is 0.338 e. The summed E-state index contributed by atoms with van der Waals surface area (Å²) >= 11 is 0. The molecule has 0 aromatic heterocycles. The summed E-state index contributed by atoms with van der Waals surface area (Å²) in [5.74, 6) is 2.22. The summed E-state index contributed by atoms with van der Waals surface area (Å²) in [5.41, 5.74) is 0.392. The molecule has 102 valence electrons. The Morgan fingerprint density at radius 1 is 1.37 bits per heavy atom. The number of carbonyl (C=O) groups excluding carboxylic acids is 1. The number of carbonyl (C=O) groups is 1. The Bertz CT molecular complexity index is 582. The first-order valence-electron chi connectivity index (χ1n) is 5.95. The summed E-state index contributed by atoms with van der Waals surface area (Å²) in [6.07, 6.45) is 8.03. The van der Waals surface area contributed by atoms with Crippen molar-refractivity contribution in [2.45, 2.75) is 30.7 Å². The van der Waals surface area contributed by atoms with Crippen LogP contribution in [0.1, 0.15) is 30.1 Å². The fraction of sp³-hybridized carbons (Fsp3) is 0.357. The fourth-order valence-electron chi connectivity index (χ4n) is 1.58. The Kier molecular flexibility index (Phi) is 5.13. The van der Waals surface area contributed by atoms with Gasteiger partial charge in [-0.05, 0) is 30.7 Å². The molecule has 0 radical (unpaired) electrons. The number of terminal acetylenes is 1. The predicted molar refractivity (Wildman–Crippen MR) is 74.5 cm³/mol. The van der Waals surface area contributed by atoms with Gasteiger partial charge in [0.15, 0.2) is 9.84 Å². The number of amides is 1. The third kappa shape index (κ3) is 4.42. The smallest absolute Gasteiger partial charge is 0.252 e. The van der Waals surface area contributed by atoms with Crippen molar-refractivity contribution in [1.82, 2.24) is 5.32 Å². The number of benzene rings is 1. The first kappa shape index (κ1) is 15.3. The van der Waals surface area contributed by atoms with Crippen LogP contribution in [0.15, 0.2) is 29.2 Å². The molecular weight excluding hydrogens is 262 g/mol. The fourth-order valence-corrected chi connectivity index (χ4v) is 2.21. The summed E-state index contributed by atoms with van der Waals surface area (Å²) < 4.78 is 22.6. The van der Waals surface area contributed by atoms with Gasteiger partial charge in [-0.2, -0.15) is 0 Å². The summed E-state index contributed by atoms with van der Waals surface area (Å²) in [5, 5.41) is 2.72. The lowest BCUT2D eigenvalue weighted by Crippen LogP contribution is -2.33. The van der Waals surface area contributed by atoms with Crippen LogP contribution in [0.3, 0.4) is 0 Å². The molecule has 0 saturated carbocycles. The van der Waals surface area contributed by atoms with Crippen molar-refractivity contribution in [2.24, 2.45) is 0 Å². The number of hydrogen-bond acceptors (Lipinski definition) is 3. The van der Waals surface area contributed by atoms with Crippen LogP contribution in [0, 0.1) is 12.3 Å². The van der Waals surface area contributed by atoms with E-state index in [1.54, 1.807) is 0 Å². The highest BCUT2D eigenvalue weighted by Crippen LogP contribution is 2.10. The second-order valence-electron chi connectivity index (χ2n) is 4.28. The molecule has 19 heavy (non-hydrogen) atoms. The van der Waals surface area contributed by atoms with E-state index < -0.39 is 9.84 Å². The molecule has 0 heterocycles. The standard InChI is InChI=1S/C14H17NO3S/c1-4-6-12(5-2)15-14(16)11-7-9-13(10-8-11)19(3,17)18/h2,7-10,12H,4,6H2,1,3H3,(H,15,16). The molecule has 0 bridgehead atoms. The molecular formula is C14H17NO3S. The lowest BCUT2D eigenvalue weighted by Gasteiger charge is -2.12. The van der Waals surface area contributed by atoms with Gasteiger partial charge in [0.2, 0.25) is 0 Å². The van der Waals surface area contributed by atoms with Gasteiger partial charge in [0.05, 0.1) is 10.9 Å². The van der Waals surface area contributed by atoms with Crippen LogP contribution < -0.4 is 5.32 Å². The molecule has 5 heteroatoms. The summed E-state index contributed by atoms with van der Waals surface area (Å²) in [7, 11) is -3.25. The van der Waals surface area contributed by atoms with Crippen LogP contribution in [-0.2, 0) is 9.84 Å². The molecule has 1 aromatic rings. The zero-order valence-corrected chi connectivity index (χ0v) is 11.8. The number of sulfone groups is 1. The lowest BCUT2D eigenvalue weighted by molar-refractivity contribution is 0.0944. The van der Waals surface area contributed by atoms with Crippen molar-refractivity contribution >= 4 is 15.7 Å². The Hall–Kier alpha value is -1.80. The van der Waals surface area contributed by atoms with E-state index in [2.05, 4.69) is 11.2 Å². The summed E-state index contributed by atoms with van der Waals surface area (Å²) in [6.45, 7) is 1.98.